The first-order valence-corrected chi connectivity index (χ1v) is 23.6. The molecule has 0 radical (unpaired) electrons. The summed E-state index contributed by atoms with van der Waals surface area (Å²) in [7, 11) is 0. The number of rotatable bonds is 25. The maximum atomic E-state index is 4.87. The van der Waals surface area contributed by atoms with Gasteiger partial charge in [-0.25, -0.2) is 0 Å². The molecule has 7 heteroatoms. The van der Waals surface area contributed by atoms with E-state index in [0.29, 0.717) is 0 Å². The minimum Gasteiger partial charge on any atom is -0.171 e. The van der Waals surface area contributed by atoms with Crippen molar-refractivity contribution in [1.29, 1.82) is 0 Å². The zero-order valence-electron chi connectivity index (χ0n) is 30.8. The molecule has 0 saturated heterocycles. The maximum absolute atomic E-state index is 4.87. The fraction of sp³-hybridized carbons (Fsp3) is 0.619. The first kappa shape index (κ1) is 38.8. The Bertz CT molecular complexity index is 1630. The molecule has 0 aromatic carbocycles. The molecule has 4 aromatic heterocycles. The molecule has 0 bridgehead atoms. The Labute approximate surface area is 318 Å². The summed E-state index contributed by atoms with van der Waals surface area (Å²) in [6.07, 6.45) is 30.1. The van der Waals surface area contributed by atoms with Gasteiger partial charge in [-0.3, -0.25) is 0 Å². The summed E-state index contributed by atoms with van der Waals surface area (Å²) in [6.45, 7) is 9.15. The third-order valence-electron chi connectivity index (χ3n) is 9.96. The van der Waals surface area contributed by atoms with Crippen molar-refractivity contribution in [2.45, 2.75) is 169 Å². The van der Waals surface area contributed by atoms with Crippen LogP contribution < -0.4 is 0 Å². The zero-order chi connectivity index (χ0) is 34.3. The lowest BCUT2D eigenvalue weighted by molar-refractivity contribution is 0.556. The molecule has 1 aliphatic heterocycles. The molecule has 0 N–H and O–H groups in total. The Kier molecular flexibility index (Phi) is 16.8. The Balaban J connectivity index is 1.21. The van der Waals surface area contributed by atoms with Crippen LogP contribution in [0.4, 0.5) is 11.4 Å². The average Bonchev–Trinajstić information content (AvgIpc) is 3.93. The summed E-state index contributed by atoms with van der Waals surface area (Å²) in [5.41, 5.74) is 5.28. The van der Waals surface area contributed by atoms with Gasteiger partial charge in [-0.2, -0.15) is 8.73 Å². The minimum absolute atomic E-state index is 1.10. The van der Waals surface area contributed by atoms with Crippen molar-refractivity contribution in [3.05, 3.63) is 45.1 Å². The molecular formula is C42H60N2S5. The number of hydrogen-bond acceptors (Lipinski definition) is 6. The number of unbranched alkanes of at least 4 members (excludes halogenated alkanes) is 18. The predicted molar refractivity (Wildman–Crippen MR) is 226 cm³/mol. The van der Waals surface area contributed by atoms with Crippen molar-refractivity contribution >= 4 is 68.1 Å². The Morgan fingerprint density at radius 1 is 0.449 bits per heavy atom. The topological polar surface area (TPSA) is 24.7 Å². The van der Waals surface area contributed by atoms with Gasteiger partial charge in [-0.1, -0.05) is 129 Å². The van der Waals surface area contributed by atoms with E-state index in [-0.39, 0.29) is 0 Å². The third kappa shape index (κ3) is 11.6. The van der Waals surface area contributed by atoms with Crippen LogP contribution in [-0.4, -0.2) is 0 Å². The van der Waals surface area contributed by atoms with Gasteiger partial charge in [0.2, 0.25) is 0 Å². The zero-order valence-corrected chi connectivity index (χ0v) is 34.9. The second-order valence-electron chi connectivity index (χ2n) is 14.2. The van der Waals surface area contributed by atoms with Crippen LogP contribution >= 0.6 is 45.3 Å². The molecule has 0 fully saturated rings. The lowest BCUT2D eigenvalue weighted by Crippen LogP contribution is -1.86. The Morgan fingerprint density at radius 2 is 0.918 bits per heavy atom. The van der Waals surface area contributed by atoms with E-state index in [1.807, 2.05) is 45.3 Å². The van der Waals surface area contributed by atoms with Gasteiger partial charge in [0, 0.05) is 29.3 Å². The monoisotopic (exact) mass is 752 g/mol. The van der Waals surface area contributed by atoms with Crippen molar-refractivity contribution in [3.63, 3.8) is 0 Å². The van der Waals surface area contributed by atoms with Crippen LogP contribution in [-0.2, 0) is 24.2 Å². The summed E-state index contributed by atoms with van der Waals surface area (Å²) in [4.78, 5) is 11.1. The molecule has 5 rings (SSSR count). The highest BCUT2D eigenvalue weighted by Gasteiger charge is 2.26. The largest absolute Gasteiger partial charge is 0.171 e. The van der Waals surface area contributed by atoms with E-state index in [4.69, 9.17) is 8.73 Å². The molecule has 49 heavy (non-hydrogen) atoms. The molecule has 268 valence electrons. The van der Waals surface area contributed by atoms with Gasteiger partial charge >= 0.3 is 0 Å². The molecule has 0 atom stereocenters. The van der Waals surface area contributed by atoms with Gasteiger partial charge < -0.3 is 0 Å². The number of nitrogens with zero attached hydrogens (tertiary/aromatic N) is 2. The van der Waals surface area contributed by atoms with E-state index in [1.165, 1.54) is 203 Å². The normalized spacial score (nSPS) is 12.3. The van der Waals surface area contributed by atoms with Crippen LogP contribution in [0.1, 0.15) is 163 Å². The van der Waals surface area contributed by atoms with Gasteiger partial charge in [-0.15, -0.1) is 45.3 Å². The SMILES string of the molecule is CCCCCCCCCCCCc1cc(-c2sc(-c3cc(CCCCCCCCCCCC)c(-c4ccc(C)s4)s3)c3c2N=S=N3)sc1C. The lowest BCUT2D eigenvalue weighted by Gasteiger charge is -2.04. The summed E-state index contributed by atoms with van der Waals surface area (Å²) in [6, 6.07) is 9.60. The van der Waals surface area contributed by atoms with Crippen molar-refractivity contribution in [2.75, 3.05) is 0 Å². The number of thiophene rings is 4. The number of hydrogen-bond donors (Lipinski definition) is 0. The highest BCUT2D eigenvalue weighted by atomic mass is 32.1. The Morgan fingerprint density at radius 3 is 1.43 bits per heavy atom. The van der Waals surface area contributed by atoms with Crippen LogP contribution in [0.15, 0.2) is 33.0 Å². The van der Waals surface area contributed by atoms with Crippen LogP contribution in [0.2, 0.25) is 0 Å². The molecule has 1 aliphatic rings. The standard InChI is InChI=1S/C42H60N2S5/c1-5-7-9-11-13-15-17-19-21-23-25-33-29-36(46-32(33)4)41-38-39(44-49-43-38)42(48-41)37-30-34(40(47-37)35-28-27-31(3)45-35)26-24-22-20-18-16-14-12-10-8-6-2/h27-30H,5-26H2,1-4H3. The minimum atomic E-state index is 1.10. The summed E-state index contributed by atoms with van der Waals surface area (Å²) in [5, 5.41) is 0. The van der Waals surface area contributed by atoms with E-state index in [2.05, 4.69) is 52.0 Å². The first-order valence-electron chi connectivity index (χ1n) is 19.6. The third-order valence-corrected chi connectivity index (χ3v) is 15.5. The van der Waals surface area contributed by atoms with Crippen molar-refractivity contribution < 1.29 is 0 Å². The van der Waals surface area contributed by atoms with Gasteiger partial charge in [0.05, 0.1) is 21.1 Å². The number of aryl methyl sites for hydroxylation is 4. The second-order valence-corrected chi connectivity index (χ2v) is 19.3. The van der Waals surface area contributed by atoms with Gasteiger partial charge in [0.15, 0.2) is 0 Å². The first-order chi connectivity index (χ1) is 24.1. The molecule has 2 nitrogen and oxygen atoms in total. The summed E-state index contributed by atoms with van der Waals surface area (Å²) >= 11 is 9.18. The fourth-order valence-electron chi connectivity index (χ4n) is 7.00. The summed E-state index contributed by atoms with van der Waals surface area (Å²) < 4.78 is 9.73. The van der Waals surface area contributed by atoms with Crippen LogP contribution in [0.3, 0.4) is 0 Å². The van der Waals surface area contributed by atoms with Crippen LogP contribution in [0.5, 0.6) is 0 Å². The van der Waals surface area contributed by atoms with Crippen LogP contribution in [0, 0.1) is 13.8 Å². The van der Waals surface area contributed by atoms with E-state index < -0.39 is 0 Å². The molecule has 5 heterocycles. The smallest absolute Gasteiger partial charge is 0.124 e. The predicted octanol–water partition coefficient (Wildman–Crippen LogP) is 17.2. The van der Waals surface area contributed by atoms with Crippen molar-refractivity contribution in [3.8, 4) is 29.3 Å². The molecule has 0 saturated carbocycles. The molecule has 0 aliphatic carbocycles. The van der Waals surface area contributed by atoms with Crippen LogP contribution in [0.25, 0.3) is 29.3 Å². The number of fused-ring (bicyclic) bond motifs is 1. The molecule has 4 aromatic rings. The fourth-order valence-corrected chi connectivity index (χ4v) is 12.3. The molecular weight excluding hydrogens is 693 g/mol. The average molecular weight is 753 g/mol. The van der Waals surface area contributed by atoms with Crippen molar-refractivity contribution in [2.24, 2.45) is 8.73 Å². The highest BCUT2D eigenvalue weighted by Crippen LogP contribution is 2.57. The van der Waals surface area contributed by atoms with Gasteiger partial charge in [0.1, 0.15) is 11.4 Å². The maximum Gasteiger partial charge on any atom is 0.124 e. The van der Waals surface area contributed by atoms with E-state index in [1.54, 1.807) is 0 Å². The van der Waals surface area contributed by atoms with E-state index in [9.17, 15) is 0 Å². The molecule has 0 spiro atoms. The lowest BCUT2D eigenvalue weighted by atomic mass is 10.0. The Hall–Kier alpha value is -1.38. The molecule has 0 amide bonds. The second kappa shape index (κ2) is 21.2. The van der Waals surface area contributed by atoms with Crippen molar-refractivity contribution in [1.82, 2.24) is 0 Å². The van der Waals surface area contributed by atoms with Gasteiger partial charge in [-0.05, 0) is 74.9 Å². The quantitative estimate of drug-likeness (QED) is 0.0531. The highest BCUT2D eigenvalue weighted by molar-refractivity contribution is 7.58. The van der Waals surface area contributed by atoms with E-state index >= 15 is 0 Å². The summed E-state index contributed by atoms with van der Waals surface area (Å²) in [5.74, 6) is 0. The van der Waals surface area contributed by atoms with E-state index in [0.717, 1.165) is 11.4 Å². The molecule has 0 unspecified atom stereocenters. The van der Waals surface area contributed by atoms with Gasteiger partial charge in [0.25, 0.3) is 0 Å².